The molecule has 0 aromatic carbocycles. The summed E-state index contributed by atoms with van der Waals surface area (Å²) in [5, 5.41) is 20.3. The number of nitrogens with one attached hydrogen (secondary N) is 1. The molecule has 2 rings (SSSR count). The lowest BCUT2D eigenvalue weighted by Gasteiger charge is -1.76. The van der Waals surface area contributed by atoms with Crippen LogP contribution in [-0.4, -0.2) is 113 Å². The van der Waals surface area contributed by atoms with Gasteiger partial charge in [0.15, 0.2) is 0 Å². The summed E-state index contributed by atoms with van der Waals surface area (Å²) >= 11 is 12.7. The predicted molar refractivity (Wildman–Crippen MR) is 316 cm³/mol. The lowest BCUT2D eigenvalue weighted by atomic mass is 10.3. The summed E-state index contributed by atoms with van der Waals surface area (Å²) in [7, 11) is 1.81. The first-order valence-electron chi connectivity index (χ1n) is 21.1. The Morgan fingerprint density at radius 3 is 1.12 bits per heavy atom. The van der Waals surface area contributed by atoms with E-state index in [1.54, 1.807) is 33.2 Å². The second kappa shape index (κ2) is 144. The molecule has 0 aromatic rings. The Morgan fingerprint density at radius 2 is 1.10 bits per heavy atom. The number of carboxylic acids is 1. The van der Waals surface area contributed by atoms with Crippen LogP contribution in [-0.2, 0) is 29.2 Å². The Labute approximate surface area is 438 Å². The molecule has 410 valence electrons. The number of rotatable bonds is 3. The number of hydrogen-bond donors (Lipinski definition) is 6. The topological polar surface area (TPSA) is 231 Å². The highest BCUT2D eigenvalue weighted by atomic mass is 35.5. The number of epoxide rings is 1. The van der Waals surface area contributed by atoms with Crippen molar-refractivity contribution in [3.63, 3.8) is 0 Å². The summed E-state index contributed by atoms with van der Waals surface area (Å²) in [6.07, 6.45) is 29.6. The van der Waals surface area contributed by atoms with Crippen LogP contribution in [0.15, 0.2) is 94.5 Å². The van der Waals surface area contributed by atoms with Crippen LogP contribution in [0.5, 0.6) is 0 Å². The van der Waals surface area contributed by atoms with E-state index in [0.29, 0.717) is 17.4 Å². The number of thiocarbonyl (C=S) groups is 1. The molecule has 2 atom stereocenters. The normalized spacial score (nSPS) is 10.6. The first kappa shape index (κ1) is 111. The minimum absolute atomic E-state index is 0.583. The Balaban J connectivity index is -0.0000000303. The lowest BCUT2D eigenvalue weighted by Crippen LogP contribution is -1.88. The summed E-state index contributed by atoms with van der Waals surface area (Å²) in [4.78, 5) is 32.9. The van der Waals surface area contributed by atoms with Gasteiger partial charge in [-0.2, -0.15) is 21.0 Å². The fraction of sp³-hybridized carbons (Fsp3) is 0.608. The molecule has 68 heavy (non-hydrogen) atoms. The second-order valence-electron chi connectivity index (χ2n) is 11.5. The van der Waals surface area contributed by atoms with E-state index in [4.69, 9.17) is 45.5 Å². The van der Waals surface area contributed by atoms with E-state index < -0.39 is 16.1 Å². The minimum Gasteiger partial charge on any atom is -0.481 e. The zero-order valence-corrected chi connectivity index (χ0v) is 50.8. The van der Waals surface area contributed by atoms with Crippen molar-refractivity contribution in [2.24, 2.45) is 15.7 Å². The van der Waals surface area contributed by atoms with E-state index in [2.05, 4.69) is 162 Å². The number of terminal acetylenes is 1. The van der Waals surface area contributed by atoms with E-state index in [1.807, 2.05) is 60.6 Å². The molecule has 0 saturated carbocycles. The average Bonchev–Trinajstić information content (AvgIpc) is 4.23. The summed E-state index contributed by atoms with van der Waals surface area (Å²) in [6.45, 7) is 47.0. The molecule has 2 aliphatic heterocycles. The number of thiol groups is 1. The van der Waals surface area contributed by atoms with Crippen molar-refractivity contribution in [3.8, 4) is 12.3 Å². The number of nitrogens with zero attached hydrogens (tertiary/aromatic N) is 2. The zero-order chi connectivity index (χ0) is 58.8. The van der Waals surface area contributed by atoms with E-state index in [-0.39, 0.29) is 0 Å². The third-order valence-electron chi connectivity index (χ3n) is 3.37. The number of hydrogen-bond acceptors (Lipinski definition) is 13. The highest BCUT2D eigenvalue weighted by molar-refractivity contribution is 7.85. The summed E-state index contributed by atoms with van der Waals surface area (Å²) in [5.41, 5.74) is 7.05. The summed E-state index contributed by atoms with van der Waals surface area (Å²) < 4.78 is 30.6. The van der Waals surface area contributed by atoms with E-state index >= 15 is 0 Å². The standard InChI is InChI=1S/C6H12.2C5H10.2C4H8.C3H5Cl.C3H7N.C3H6O.C3H6.C3H4.C2H3NO.C2H3NS.C2H4O2.C2H4O.CH5N.CH4O3S.CH4O.CH4S/c1-3-5-6-4-2;1-4-5(2)3;1-3-5-4-2;1-4(2)3;1-3-4-2;1-3(2)4;2*1-3-2-4-3;2*1-3-2;2*1-3-2-4;1-2(3)4;1-2-3;1-2;1-5(2,3)4;2*1-2/h3,5H,4,6H2,1-2H3;4H,1-3H3;3,5H,4H2,1-2H3;1H2,2-3H3;3-4H,1-2H3;1H2,2H3;3-4H,2H2,1H3;3H,2H2,1H3;3H,1H2,2H3;1H,2H3;2*1H3;1H3,(H,3,4);2H,1H3;2H2,1H3;1H3,(H,2,3,4);2*2H,1H3. The van der Waals surface area contributed by atoms with Crippen molar-refractivity contribution in [1.82, 2.24) is 5.32 Å². The highest BCUT2D eigenvalue weighted by Gasteiger charge is 2.13. The Morgan fingerprint density at radius 1 is 0.926 bits per heavy atom. The van der Waals surface area contributed by atoms with Crippen LogP contribution in [0.2, 0.25) is 0 Å². The number of halogens is 1. The third kappa shape index (κ3) is 1520. The monoisotopic (exact) mass is 1050 g/mol. The van der Waals surface area contributed by atoms with Crippen molar-refractivity contribution in [2.45, 2.75) is 156 Å². The van der Waals surface area contributed by atoms with Gasteiger partial charge >= 0.3 is 0 Å². The number of ether oxygens (including phenoxy) is 1. The molecule has 0 radical (unpaired) electrons. The zero-order valence-electron chi connectivity index (χ0n) is 47.5. The van der Waals surface area contributed by atoms with Gasteiger partial charge in [0, 0.05) is 45.7 Å². The van der Waals surface area contributed by atoms with Gasteiger partial charge in [-0.1, -0.05) is 98.2 Å². The molecule has 2 aliphatic rings. The predicted octanol–water partition coefficient (Wildman–Crippen LogP) is 13.6. The van der Waals surface area contributed by atoms with Crippen LogP contribution in [0.1, 0.15) is 144 Å². The molecular weight excluding hydrogens is 944 g/mol. The molecular formula is C51H107ClN4O9S3. The fourth-order valence-corrected chi connectivity index (χ4v) is 0.783. The van der Waals surface area contributed by atoms with E-state index in [1.165, 1.54) is 57.6 Å². The number of aldehydes is 1. The van der Waals surface area contributed by atoms with Crippen LogP contribution in [0.25, 0.3) is 0 Å². The maximum absolute atomic E-state index is 9.19. The molecule has 17 heteroatoms. The molecule has 2 unspecified atom stereocenters. The van der Waals surface area contributed by atoms with Crippen LogP contribution >= 0.6 is 36.4 Å². The van der Waals surface area contributed by atoms with Crippen LogP contribution in [0, 0.1) is 12.3 Å². The van der Waals surface area contributed by atoms with Crippen LogP contribution in [0.3, 0.4) is 0 Å². The Bertz CT molecular complexity index is 1180. The van der Waals surface area contributed by atoms with Crippen molar-refractivity contribution in [1.29, 1.82) is 0 Å². The van der Waals surface area contributed by atoms with Crippen molar-refractivity contribution in [2.75, 3.05) is 53.9 Å². The molecule has 2 fully saturated rings. The smallest absolute Gasteiger partial charge is 0.300 e. The number of isothiocyanates is 1. The maximum atomic E-state index is 9.19. The number of carbonyl (C=O) groups excluding carboxylic acids is 2. The molecule has 0 aromatic heterocycles. The van der Waals surface area contributed by atoms with Crippen molar-refractivity contribution >= 4 is 70.1 Å². The minimum atomic E-state index is -3.67. The molecule has 2 heterocycles. The van der Waals surface area contributed by atoms with Gasteiger partial charge in [0.2, 0.25) is 6.08 Å². The highest BCUT2D eigenvalue weighted by Crippen LogP contribution is 2.04. The Kier molecular flexibility index (Phi) is 234. The quantitative estimate of drug-likeness (QED) is 0.0178. The van der Waals surface area contributed by atoms with E-state index in [9.17, 15) is 8.42 Å². The molecule has 0 spiro atoms. The Hall–Kier alpha value is -3.55. The van der Waals surface area contributed by atoms with Gasteiger partial charge in [0.05, 0.1) is 24.1 Å². The molecule has 0 aliphatic carbocycles. The van der Waals surface area contributed by atoms with Crippen molar-refractivity contribution < 1.29 is 42.3 Å². The van der Waals surface area contributed by atoms with Gasteiger partial charge < -0.3 is 30.8 Å². The number of aliphatic hydroxyl groups is 1. The summed E-state index contributed by atoms with van der Waals surface area (Å²) in [5.74, 6) is 1.42. The molecule has 0 bridgehead atoms. The first-order chi connectivity index (χ1) is 31.6. The number of nitrogens with two attached hydrogens (primary N) is 1. The average molecular weight is 1050 g/mol. The molecule has 2 saturated heterocycles. The van der Waals surface area contributed by atoms with Gasteiger partial charge in [-0.25, -0.2) is 14.8 Å². The van der Waals surface area contributed by atoms with Crippen LogP contribution in [0.4, 0.5) is 0 Å². The number of aliphatic carboxylic acids is 1. The van der Waals surface area contributed by atoms with Gasteiger partial charge in [-0.15, -0.1) is 25.5 Å². The van der Waals surface area contributed by atoms with Crippen LogP contribution < -0.4 is 11.1 Å². The molecule has 13 nitrogen and oxygen atoms in total. The molecule has 0 amide bonds. The number of carboxylic acid groups (broad SMARTS) is 1. The number of allylic oxidation sites excluding steroid dienone is 11. The SMILES string of the molecule is C#CC.C=C(C)C.C=C(C)Cl.C=CC.CC(=O)O.CC1CN1.CC1CO1.CC=C(C)C.CC=CC.CC=CCC.CC=CCCC.CC=O.CN.CN=C=O.CN=C=S.CO.CS.CS(=O)(=O)O. The van der Waals surface area contributed by atoms with Gasteiger partial charge in [-0.3, -0.25) is 9.35 Å². The number of isocyanates is 1. The third-order valence-corrected chi connectivity index (χ3v) is 3.55. The van der Waals surface area contributed by atoms with Gasteiger partial charge in [0.1, 0.15) is 6.29 Å². The summed E-state index contributed by atoms with van der Waals surface area (Å²) in [6, 6.07) is 0.833. The lowest BCUT2D eigenvalue weighted by molar-refractivity contribution is -0.134. The number of aliphatic imine (C=N–C) groups is 2. The first-order valence-corrected chi connectivity index (χ1v) is 24.6. The number of carbonyl (C=O) groups is 2. The maximum Gasteiger partial charge on any atom is 0.300 e. The van der Waals surface area contributed by atoms with Crippen molar-refractivity contribution in [3.05, 3.63) is 84.5 Å². The van der Waals surface area contributed by atoms with Gasteiger partial charge in [-0.05, 0) is 142 Å². The largest absolute Gasteiger partial charge is 0.481 e. The molecule has 6 N–H and O–H groups in total. The fourth-order valence-electron chi connectivity index (χ4n) is 0.783. The van der Waals surface area contributed by atoms with Gasteiger partial charge in [0.25, 0.3) is 16.1 Å². The number of unbranched alkanes of at least 4 members (excludes halogenated alkanes) is 1. The van der Waals surface area contributed by atoms with E-state index in [0.717, 1.165) is 39.4 Å². The number of aliphatic hydroxyl groups excluding tert-OH is 1. The second-order valence-corrected chi connectivity index (χ2v) is 13.8.